The summed E-state index contributed by atoms with van der Waals surface area (Å²) < 4.78 is 11.1. The summed E-state index contributed by atoms with van der Waals surface area (Å²) >= 11 is 0. The van der Waals surface area contributed by atoms with Crippen LogP contribution in [0, 0.1) is 6.92 Å². The molecule has 0 aromatic heterocycles. The highest BCUT2D eigenvalue weighted by molar-refractivity contribution is 5.95. The fourth-order valence-electron chi connectivity index (χ4n) is 3.40. The second kappa shape index (κ2) is 10.7. The number of benzene rings is 2. The van der Waals surface area contributed by atoms with Crippen molar-refractivity contribution in [3.05, 3.63) is 65.2 Å². The molecule has 0 spiro atoms. The lowest BCUT2D eigenvalue weighted by Gasteiger charge is -2.34. The summed E-state index contributed by atoms with van der Waals surface area (Å²) in [5.74, 6) is 1.29. The Balaban J connectivity index is 1.55. The van der Waals surface area contributed by atoms with Crippen molar-refractivity contribution >= 4 is 17.9 Å². The summed E-state index contributed by atoms with van der Waals surface area (Å²) in [5.41, 5.74) is 2.67. The van der Waals surface area contributed by atoms with Crippen molar-refractivity contribution in [1.29, 1.82) is 0 Å². The number of carbonyl (C=O) groups excluding carboxylic acids is 2. The van der Waals surface area contributed by atoms with Crippen molar-refractivity contribution in [2.45, 2.75) is 20.3 Å². The molecule has 0 aliphatic carbocycles. The quantitative estimate of drug-likeness (QED) is 0.637. The molecule has 6 nitrogen and oxygen atoms in total. The van der Waals surface area contributed by atoms with Crippen LogP contribution in [0.1, 0.15) is 34.8 Å². The van der Waals surface area contributed by atoms with Gasteiger partial charge in [-0.05, 0) is 49.2 Å². The number of rotatable bonds is 7. The lowest BCUT2D eigenvalue weighted by molar-refractivity contribution is -0.127. The van der Waals surface area contributed by atoms with Crippen molar-refractivity contribution < 1.29 is 19.1 Å². The zero-order chi connectivity index (χ0) is 22.2. The van der Waals surface area contributed by atoms with Gasteiger partial charge in [-0.15, -0.1) is 0 Å². The molecule has 0 radical (unpaired) electrons. The van der Waals surface area contributed by atoms with Crippen LogP contribution < -0.4 is 9.47 Å². The third kappa shape index (κ3) is 5.87. The van der Waals surface area contributed by atoms with Crippen LogP contribution >= 0.6 is 0 Å². The van der Waals surface area contributed by atoms with Crippen molar-refractivity contribution in [3.8, 4) is 11.5 Å². The smallest absolute Gasteiger partial charge is 0.253 e. The number of hydrogen-bond donors (Lipinski definition) is 0. The molecule has 1 aliphatic heterocycles. The van der Waals surface area contributed by atoms with Crippen LogP contribution in [0.15, 0.2) is 48.5 Å². The summed E-state index contributed by atoms with van der Waals surface area (Å²) in [6.45, 7) is 6.78. The second-order valence-electron chi connectivity index (χ2n) is 7.58. The van der Waals surface area contributed by atoms with E-state index in [1.807, 2.05) is 56.3 Å². The number of piperazine rings is 1. The van der Waals surface area contributed by atoms with E-state index < -0.39 is 0 Å². The number of amides is 2. The second-order valence-corrected chi connectivity index (χ2v) is 7.58. The minimum absolute atomic E-state index is 0.0140. The van der Waals surface area contributed by atoms with E-state index in [0.717, 1.165) is 17.5 Å². The van der Waals surface area contributed by atoms with E-state index in [2.05, 4.69) is 0 Å². The Morgan fingerprint density at radius 1 is 0.968 bits per heavy atom. The zero-order valence-electron chi connectivity index (χ0n) is 18.5. The maximum Gasteiger partial charge on any atom is 0.253 e. The summed E-state index contributed by atoms with van der Waals surface area (Å²) in [5, 5.41) is 0. The van der Waals surface area contributed by atoms with Gasteiger partial charge in [-0.25, -0.2) is 0 Å². The Bertz CT molecular complexity index is 929. The van der Waals surface area contributed by atoms with Crippen molar-refractivity contribution in [3.63, 3.8) is 0 Å². The van der Waals surface area contributed by atoms with Gasteiger partial charge in [-0.2, -0.15) is 0 Å². The van der Waals surface area contributed by atoms with Gasteiger partial charge < -0.3 is 19.3 Å². The summed E-state index contributed by atoms with van der Waals surface area (Å²) in [7, 11) is 1.60. The molecule has 0 atom stereocenters. The molecule has 31 heavy (non-hydrogen) atoms. The predicted octanol–water partition coefficient (Wildman–Crippen LogP) is 3.79. The van der Waals surface area contributed by atoms with E-state index in [-0.39, 0.29) is 11.8 Å². The minimum atomic E-state index is -0.0623. The maximum absolute atomic E-state index is 12.6. The molecule has 1 heterocycles. The normalized spacial score (nSPS) is 14.0. The fraction of sp³-hybridized carbons (Fsp3) is 0.360. The van der Waals surface area contributed by atoms with E-state index in [1.54, 1.807) is 29.1 Å². The lowest BCUT2D eigenvalue weighted by Crippen LogP contribution is -2.50. The van der Waals surface area contributed by atoms with Crippen LogP contribution in [0.25, 0.3) is 6.08 Å². The number of ether oxygens (including phenoxy) is 2. The van der Waals surface area contributed by atoms with E-state index in [0.29, 0.717) is 49.8 Å². The fourth-order valence-corrected chi connectivity index (χ4v) is 3.40. The monoisotopic (exact) mass is 422 g/mol. The van der Waals surface area contributed by atoms with Crippen molar-refractivity contribution in [1.82, 2.24) is 9.80 Å². The Hall–Kier alpha value is -3.28. The molecule has 1 aliphatic rings. The molecule has 0 N–H and O–H groups in total. The molecule has 3 rings (SSSR count). The predicted molar refractivity (Wildman–Crippen MR) is 121 cm³/mol. The van der Waals surface area contributed by atoms with E-state index >= 15 is 0 Å². The van der Waals surface area contributed by atoms with Gasteiger partial charge in [0.05, 0.1) is 13.7 Å². The van der Waals surface area contributed by atoms with E-state index in [9.17, 15) is 9.59 Å². The highest BCUT2D eigenvalue weighted by Crippen LogP contribution is 2.28. The molecular weight excluding hydrogens is 392 g/mol. The summed E-state index contributed by atoms with van der Waals surface area (Å²) in [4.78, 5) is 28.8. The summed E-state index contributed by atoms with van der Waals surface area (Å²) in [6, 6.07) is 13.2. The first-order valence-electron chi connectivity index (χ1n) is 10.7. The first-order valence-corrected chi connectivity index (χ1v) is 10.7. The molecule has 1 saturated heterocycles. The van der Waals surface area contributed by atoms with Crippen LogP contribution in [0.5, 0.6) is 11.5 Å². The molecule has 2 aromatic rings. The summed E-state index contributed by atoms with van der Waals surface area (Å²) in [6.07, 6.45) is 4.26. The first-order chi connectivity index (χ1) is 15.0. The van der Waals surface area contributed by atoms with Crippen LogP contribution in [0.3, 0.4) is 0 Å². The van der Waals surface area contributed by atoms with Gasteiger partial charge >= 0.3 is 0 Å². The molecule has 1 fully saturated rings. The van der Waals surface area contributed by atoms with Gasteiger partial charge in [0.1, 0.15) is 0 Å². The molecule has 0 unspecified atom stereocenters. The highest BCUT2D eigenvalue weighted by atomic mass is 16.5. The molecule has 0 bridgehead atoms. The molecule has 6 heteroatoms. The molecule has 2 aromatic carbocycles. The topological polar surface area (TPSA) is 59.1 Å². The van der Waals surface area contributed by atoms with Crippen molar-refractivity contribution in [2.75, 3.05) is 39.9 Å². The Kier molecular flexibility index (Phi) is 7.70. The van der Waals surface area contributed by atoms with E-state index in [1.165, 1.54) is 0 Å². The van der Waals surface area contributed by atoms with Gasteiger partial charge in [-0.3, -0.25) is 9.59 Å². The lowest BCUT2D eigenvalue weighted by atomic mass is 10.1. The van der Waals surface area contributed by atoms with Crippen LogP contribution in [0.2, 0.25) is 0 Å². The number of nitrogens with zero attached hydrogens (tertiary/aromatic N) is 2. The standard InChI is InChI=1S/C25H30N2O4/c1-4-17-31-22-11-7-20(18-23(22)30-3)8-12-24(28)26-13-15-27(16-14-26)25(29)21-9-5-19(2)6-10-21/h5-12,18H,4,13-17H2,1-3H3/b12-8+. The number of hydrogen-bond acceptors (Lipinski definition) is 4. The molecule has 2 amide bonds. The van der Waals surface area contributed by atoms with Gasteiger partial charge in [0.2, 0.25) is 5.91 Å². The Morgan fingerprint density at radius 2 is 1.65 bits per heavy atom. The van der Waals surface area contributed by atoms with Gasteiger partial charge in [0, 0.05) is 37.8 Å². The number of carbonyl (C=O) groups is 2. The van der Waals surface area contributed by atoms with Crippen LogP contribution in [-0.4, -0.2) is 61.5 Å². The average Bonchev–Trinajstić information content (AvgIpc) is 2.81. The van der Waals surface area contributed by atoms with Crippen molar-refractivity contribution in [2.24, 2.45) is 0 Å². The largest absolute Gasteiger partial charge is 0.493 e. The third-order valence-corrected chi connectivity index (χ3v) is 5.24. The van der Waals surface area contributed by atoms with Gasteiger partial charge in [-0.1, -0.05) is 30.7 Å². The van der Waals surface area contributed by atoms with Gasteiger partial charge in [0.25, 0.3) is 5.91 Å². The minimum Gasteiger partial charge on any atom is -0.493 e. The SMILES string of the molecule is CCCOc1ccc(/C=C/C(=O)N2CCN(C(=O)c3ccc(C)cc3)CC2)cc1OC. The van der Waals surface area contributed by atoms with Gasteiger partial charge in [0.15, 0.2) is 11.5 Å². The van der Waals surface area contributed by atoms with Crippen LogP contribution in [-0.2, 0) is 4.79 Å². The molecule has 0 saturated carbocycles. The Morgan fingerprint density at radius 3 is 2.29 bits per heavy atom. The Labute approximate surface area is 184 Å². The maximum atomic E-state index is 12.6. The number of aryl methyl sites for hydroxylation is 1. The highest BCUT2D eigenvalue weighted by Gasteiger charge is 2.23. The van der Waals surface area contributed by atoms with Crippen LogP contribution in [0.4, 0.5) is 0 Å². The average molecular weight is 423 g/mol. The molecule has 164 valence electrons. The third-order valence-electron chi connectivity index (χ3n) is 5.24. The zero-order valence-corrected chi connectivity index (χ0v) is 18.5. The molecular formula is C25H30N2O4. The number of methoxy groups -OCH3 is 1. The first kappa shape index (κ1) is 22.4. The van der Waals surface area contributed by atoms with E-state index in [4.69, 9.17) is 9.47 Å².